The van der Waals surface area contributed by atoms with Crippen LogP contribution in [0.25, 0.3) is 0 Å². The van der Waals surface area contributed by atoms with Gasteiger partial charge in [0.2, 0.25) is 0 Å². The second kappa shape index (κ2) is 6.28. The van der Waals surface area contributed by atoms with Crippen molar-refractivity contribution in [2.45, 2.75) is 47.0 Å². The summed E-state index contributed by atoms with van der Waals surface area (Å²) in [5.41, 5.74) is 0. The molecule has 0 aromatic carbocycles. The zero-order valence-electron chi connectivity index (χ0n) is 9.14. The van der Waals surface area contributed by atoms with Crippen LogP contribution in [-0.4, -0.2) is 0 Å². The van der Waals surface area contributed by atoms with Gasteiger partial charge >= 0.3 is 0 Å². The Bertz CT molecular complexity index is 113. The lowest BCUT2D eigenvalue weighted by molar-refractivity contribution is 0.347. The Hall–Kier alpha value is -0.260. The predicted molar refractivity (Wildman–Crippen MR) is 57.2 cm³/mol. The summed E-state index contributed by atoms with van der Waals surface area (Å²) in [6.45, 7) is 13.0. The maximum absolute atomic E-state index is 3.83. The van der Waals surface area contributed by atoms with Gasteiger partial charge < -0.3 is 0 Å². The second-order valence-electron chi connectivity index (χ2n) is 4.35. The first-order valence-corrected chi connectivity index (χ1v) is 5.22. The molecular formula is C12H24. The highest BCUT2D eigenvalue weighted by molar-refractivity contribution is 4.77. The molecule has 0 aliphatic heterocycles. The van der Waals surface area contributed by atoms with Crippen LogP contribution in [0.15, 0.2) is 12.7 Å². The Balaban J connectivity index is 3.74. The summed E-state index contributed by atoms with van der Waals surface area (Å²) in [6.07, 6.45) is 6.08. The molecule has 0 fully saturated rings. The van der Waals surface area contributed by atoms with E-state index >= 15 is 0 Å². The molecular weight excluding hydrogens is 144 g/mol. The van der Waals surface area contributed by atoms with Crippen LogP contribution in [-0.2, 0) is 0 Å². The number of hydrogen-bond donors (Lipinski definition) is 0. The van der Waals surface area contributed by atoms with Crippen molar-refractivity contribution < 1.29 is 0 Å². The van der Waals surface area contributed by atoms with Gasteiger partial charge in [0.1, 0.15) is 0 Å². The fourth-order valence-corrected chi connectivity index (χ4v) is 1.72. The van der Waals surface area contributed by atoms with Crippen molar-refractivity contribution in [3.63, 3.8) is 0 Å². The van der Waals surface area contributed by atoms with Crippen LogP contribution in [0.4, 0.5) is 0 Å². The van der Waals surface area contributed by atoms with E-state index < -0.39 is 0 Å². The van der Waals surface area contributed by atoms with Crippen LogP contribution in [0.1, 0.15) is 47.0 Å². The highest BCUT2D eigenvalue weighted by atomic mass is 14.2. The smallest absolute Gasteiger partial charge is 0.0262 e. The number of allylic oxidation sites excluding steroid dienone is 1. The summed E-state index contributed by atoms with van der Waals surface area (Å²) in [5, 5.41) is 0. The van der Waals surface area contributed by atoms with Gasteiger partial charge in [-0.05, 0) is 30.6 Å². The zero-order valence-corrected chi connectivity index (χ0v) is 9.14. The SMILES string of the molecule is C=CC(C)CC(CC)CC(C)C. The average Bonchev–Trinajstić information content (AvgIpc) is 2.02. The zero-order chi connectivity index (χ0) is 9.56. The lowest BCUT2D eigenvalue weighted by Crippen LogP contribution is -2.07. The van der Waals surface area contributed by atoms with Crippen molar-refractivity contribution in [2.75, 3.05) is 0 Å². The minimum absolute atomic E-state index is 0.689. The van der Waals surface area contributed by atoms with Crippen molar-refractivity contribution in [3.8, 4) is 0 Å². The maximum Gasteiger partial charge on any atom is -0.0262 e. The minimum Gasteiger partial charge on any atom is -0.103 e. The molecule has 0 saturated heterocycles. The number of rotatable bonds is 6. The molecule has 0 aromatic heterocycles. The fourth-order valence-electron chi connectivity index (χ4n) is 1.72. The van der Waals surface area contributed by atoms with Gasteiger partial charge in [0, 0.05) is 0 Å². The molecule has 0 bridgehead atoms. The first-order valence-electron chi connectivity index (χ1n) is 5.22. The van der Waals surface area contributed by atoms with E-state index in [0.29, 0.717) is 5.92 Å². The Labute approximate surface area is 78.1 Å². The standard InChI is InChI=1S/C12H24/c1-6-11(5)9-12(7-2)8-10(3)4/h6,10-12H,1,7-9H2,2-5H3. The second-order valence-corrected chi connectivity index (χ2v) is 4.35. The van der Waals surface area contributed by atoms with Crippen LogP contribution in [0, 0.1) is 17.8 Å². The van der Waals surface area contributed by atoms with Gasteiger partial charge in [-0.3, -0.25) is 0 Å². The van der Waals surface area contributed by atoms with Crippen LogP contribution < -0.4 is 0 Å². The monoisotopic (exact) mass is 168 g/mol. The van der Waals surface area contributed by atoms with Crippen LogP contribution in [0.2, 0.25) is 0 Å². The molecule has 0 N–H and O–H groups in total. The van der Waals surface area contributed by atoms with Gasteiger partial charge in [0.15, 0.2) is 0 Å². The summed E-state index contributed by atoms with van der Waals surface area (Å²) < 4.78 is 0. The highest BCUT2D eigenvalue weighted by Gasteiger charge is 2.10. The summed E-state index contributed by atoms with van der Waals surface area (Å²) in [6, 6.07) is 0. The fraction of sp³-hybridized carbons (Fsp3) is 0.833. The van der Waals surface area contributed by atoms with Crippen molar-refractivity contribution in [1.29, 1.82) is 0 Å². The Morgan fingerprint density at radius 3 is 2.08 bits per heavy atom. The van der Waals surface area contributed by atoms with Crippen LogP contribution in [0.3, 0.4) is 0 Å². The largest absolute Gasteiger partial charge is 0.103 e. The maximum atomic E-state index is 3.83. The molecule has 0 heteroatoms. The molecule has 0 aromatic rings. The van der Waals surface area contributed by atoms with E-state index in [0.717, 1.165) is 11.8 Å². The van der Waals surface area contributed by atoms with E-state index in [-0.39, 0.29) is 0 Å². The Kier molecular flexibility index (Phi) is 6.14. The highest BCUT2D eigenvalue weighted by Crippen LogP contribution is 2.23. The lowest BCUT2D eigenvalue weighted by atomic mass is 9.87. The van der Waals surface area contributed by atoms with Crippen LogP contribution in [0.5, 0.6) is 0 Å². The van der Waals surface area contributed by atoms with Crippen LogP contribution >= 0.6 is 0 Å². The van der Waals surface area contributed by atoms with E-state index in [4.69, 9.17) is 0 Å². The normalized spacial score (nSPS) is 16.1. The van der Waals surface area contributed by atoms with Gasteiger partial charge in [0.05, 0.1) is 0 Å². The first-order chi connectivity index (χ1) is 5.60. The summed E-state index contributed by atoms with van der Waals surface area (Å²) in [4.78, 5) is 0. The average molecular weight is 168 g/mol. The van der Waals surface area contributed by atoms with Crippen molar-refractivity contribution in [2.24, 2.45) is 17.8 Å². The van der Waals surface area contributed by atoms with Gasteiger partial charge in [-0.1, -0.05) is 40.2 Å². The van der Waals surface area contributed by atoms with E-state index in [1.807, 2.05) is 0 Å². The molecule has 12 heavy (non-hydrogen) atoms. The van der Waals surface area contributed by atoms with Crippen molar-refractivity contribution >= 4 is 0 Å². The number of hydrogen-bond acceptors (Lipinski definition) is 0. The summed E-state index contributed by atoms with van der Waals surface area (Å²) >= 11 is 0. The minimum atomic E-state index is 0.689. The summed E-state index contributed by atoms with van der Waals surface area (Å²) in [7, 11) is 0. The third-order valence-corrected chi connectivity index (χ3v) is 2.49. The van der Waals surface area contributed by atoms with Gasteiger partial charge in [-0.15, -0.1) is 6.58 Å². The third kappa shape index (κ3) is 5.40. The van der Waals surface area contributed by atoms with E-state index in [9.17, 15) is 0 Å². The molecule has 0 saturated carbocycles. The molecule has 72 valence electrons. The van der Waals surface area contributed by atoms with E-state index in [2.05, 4.69) is 40.3 Å². The molecule has 0 heterocycles. The molecule has 0 rings (SSSR count). The topological polar surface area (TPSA) is 0 Å². The molecule has 0 amide bonds. The molecule has 0 aliphatic carbocycles. The molecule has 2 atom stereocenters. The summed E-state index contributed by atoms with van der Waals surface area (Å²) in [5.74, 6) is 2.43. The molecule has 0 nitrogen and oxygen atoms in total. The van der Waals surface area contributed by atoms with Gasteiger partial charge in [0.25, 0.3) is 0 Å². The molecule has 0 radical (unpaired) electrons. The van der Waals surface area contributed by atoms with E-state index in [1.165, 1.54) is 19.3 Å². The molecule has 0 spiro atoms. The van der Waals surface area contributed by atoms with Gasteiger partial charge in [-0.25, -0.2) is 0 Å². The lowest BCUT2D eigenvalue weighted by Gasteiger charge is -2.19. The Morgan fingerprint density at radius 1 is 1.17 bits per heavy atom. The van der Waals surface area contributed by atoms with Crippen molar-refractivity contribution in [3.05, 3.63) is 12.7 Å². The van der Waals surface area contributed by atoms with Gasteiger partial charge in [-0.2, -0.15) is 0 Å². The molecule has 2 unspecified atom stereocenters. The molecule has 0 aliphatic rings. The Morgan fingerprint density at radius 2 is 1.75 bits per heavy atom. The first kappa shape index (κ1) is 11.7. The quantitative estimate of drug-likeness (QED) is 0.519. The van der Waals surface area contributed by atoms with Crippen molar-refractivity contribution in [1.82, 2.24) is 0 Å². The predicted octanol–water partition coefficient (Wildman–Crippen LogP) is 4.27. The van der Waals surface area contributed by atoms with E-state index in [1.54, 1.807) is 0 Å². The third-order valence-electron chi connectivity index (χ3n) is 2.49.